The van der Waals surface area contributed by atoms with E-state index in [2.05, 4.69) is 167 Å². The molecule has 0 N–H and O–H groups in total. The monoisotopic (exact) mass is 1000 g/mol. The molecular weight excluding hydrogens is 901 g/mol. The quantitative estimate of drug-likeness (QED) is 0.0261. The first-order chi connectivity index (χ1) is 36.0. The second-order valence-electron chi connectivity index (χ2n) is 18.4. The number of rotatable bonds is 50. The molecule has 6 heteroatoms. The first-order valence-corrected chi connectivity index (χ1v) is 29.0. The summed E-state index contributed by atoms with van der Waals surface area (Å²) in [7, 11) is 0. The van der Waals surface area contributed by atoms with Crippen LogP contribution in [0.5, 0.6) is 0 Å². The van der Waals surface area contributed by atoms with Crippen molar-refractivity contribution in [3.8, 4) is 0 Å². The fourth-order valence-electron chi connectivity index (χ4n) is 7.25. The second kappa shape index (κ2) is 59.6. The number of hydrogen-bond donors (Lipinski definition) is 0. The highest BCUT2D eigenvalue weighted by Crippen LogP contribution is 2.12. The molecule has 1 unspecified atom stereocenters. The minimum atomic E-state index is -0.850. The molecule has 0 saturated heterocycles. The maximum Gasteiger partial charge on any atom is 0.309 e. The lowest BCUT2D eigenvalue weighted by molar-refractivity contribution is -0.166. The van der Waals surface area contributed by atoms with Gasteiger partial charge in [-0.05, 0) is 128 Å². The maximum atomic E-state index is 12.9. The SMILES string of the molecule is CC/C=C\C/C=C\C/C=C\C/C=C\C/C=C\CCCCCC(=O)OC(COC(=O)C/C=C\C/C=C\C/C=C\C/C=C\C/C=C\CC)COC(=O)CCCCCCCC/C=C\C/C=C\C/C=C\CCCCCCC. The number of allylic oxidation sites excluding steroid dienone is 25. The lowest BCUT2D eigenvalue weighted by Crippen LogP contribution is -2.30. The van der Waals surface area contributed by atoms with Gasteiger partial charge >= 0.3 is 17.9 Å². The minimum absolute atomic E-state index is 0.109. The zero-order chi connectivity index (χ0) is 52.9. The third kappa shape index (κ3) is 57.8. The van der Waals surface area contributed by atoms with E-state index in [0.29, 0.717) is 12.8 Å². The molecule has 0 rings (SSSR count). The Bertz CT molecular complexity index is 1670. The van der Waals surface area contributed by atoms with Crippen molar-refractivity contribution in [2.45, 2.75) is 232 Å². The van der Waals surface area contributed by atoms with Crippen LogP contribution in [0.4, 0.5) is 0 Å². The maximum absolute atomic E-state index is 12.9. The van der Waals surface area contributed by atoms with E-state index in [0.717, 1.165) is 128 Å². The largest absolute Gasteiger partial charge is 0.462 e. The Morgan fingerprint density at radius 3 is 0.973 bits per heavy atom. The normalized spacial score (nSPS) is 13.3. The summed E-state index contributed by atoms with van der Waals surface area (Å²) < 4.78 is 16.7. The highest BCUT2D eigenvalue weighted by atomic mass is 16.6. The molecule has 0 aliphatic rings. The number of hydrogen-bond acceptors (Lipinski definition) is 6. The summed E-state index contributed by atoms with van der Waals surface area (Å²) in [6.45, 7) is 6.26. The lowest BCUT2D eigenvalue weighted by atomic mass is 10.1. The summed E-state index contributed by atoms with van der Waals surface area (Å²) in [5.41, 5.74) is 0. The van der Waals surface area contributed by atoms with Gasteiger partial charge in [0.15, 0.2) is 6.10 Å². The summed E-state index contributed by atoms with van der Waals surface area (Å²) >= 11 is 0. The Morgan fingerprint density at radius 2 is 0.589 bits per heavy atom. The molecule has 0 amide bonds. The molecule has 0 aliphatic heterocycles. The summed E-state index contributed by atoms with van der Waals surface area (Å²) in [5, 5.41) is 0. The standard InChI is InChI=1S/C67H104O6/c1-4-7-10-13-16-19-22-25-28-30-32-33-35-36-39-42-45-48-51-54-57-60-66(69)72-63-64(62-71-65(68)59-56-53-50-47-44-41-38-27-24-21-18-15-12-9-6-3)73-67(70)61-58-55-52-49-46-43-40-37-34-31-29-26-23-20-17-14-11-8-5-2/h8-9,11-12,17-18,20-22,25-27,29-30,32,34-38,43-44,46-47,53,56,64H,4-7,10,13-16,19,23-24,28,31,33,39-42,45,48-52,54-55,57-63H2,1-3H3/b11-8-,12-9-,20-17-,21-18-,25-22-,29-26-,32-30-,36-35-,37-34-,38-27-,46-43-,47-44-,56-53-. The van der Waals surface area contributed by atoms with Crippen molar-refractivity contribution < 1.29 is 28.6 Å². The van der Waals surface area contributed by atoms with Gasteiger partial charge in [-0.1, -0.05) is 237 Å². The molecule has 6 nitrogen and oxygen atoms in total. The predicted octanol–water partition coefficient (Wildman–Crippen LogP) is 19.8. The average molecular weight is 1010 g/mol. The molecule has 0 aromatic carbocycles. The number of carbonyl (C=O) groups is 3. The molecule has 0 aromatic heterocycles. The number of unbranched alkanes of at least 4 members (excludes halogenated alkanes) is 14. The minimum Gasteiger partial charge on any atom is -0.462 e. The summed E-state index contributed by atoms with van der Waals surface area (Å²) in [5.74, 6) is -1.12. The molecule has 0 aromatic rings. The molecular formula is C67H104O6. The van der Waals surface area contributed by atoms with Gasteiger partial charge in [0.2, 0.25) is 0 Å². The molecule has 0 bridgehead atoms. The van der Waals surface area contributed by atoms with Gasteiger partial charge in [0.05, 0.1) is 6.42 Å². The van der Waals surface area contributed by atoms with Crippen LogP contribution in [-0.2, 0) is 28.6 Å². The Balaban J connectivity index is 4.59. The van der Waals surface area contributed by atoms with Crippen LogP contribution in [0.3, 0.4) is 0 Å². The molecule has 0 saturated carbocycles. The van der Waals surface area contributed by atoms with Crippen molar-refractivity contribution in [1.29, 1.82) is 0 Å². The Hall–Kier alpha value is -4.97. The highest BCUT2D eigenvalue weighted by Gasteiger charge is 2.19. The van der Waals surface area contributed by atoms with Crippen LogP contribution in [0, 0.1) is 0 Å². The van der Waals surface area contributed by atoms with Crippen molar-refractivity contribution in [2.24, 2.45) is 0 Å². The van der Waals surface area contributed by atoms with Crippen LogP contribution in [0.2, 0.25) is 0 Å². The zero-order valence-electron chi connectivity index (χ0n) is 46.6. The zero-order valence-corrected chi connectivity index (χ0v) is 46.6. The van der Waals surface area contributed by atoms with E-state index < -0.39 is 12.1 Å². The van der Waals surface area contributed by atoms with Crippen molar-refractivity contribution in [2.75, 3.05) is 13.2 Å². The van der Waals surface area contributed by atoms with Crippen LogP contribution in [0.1, 0.15) is 226 Å². The molecule has 73 heavy (non-hydrogen) atoms. The van der Waals surface area contributed by atoms with Crippen LogP contribution in [-0.4, -0.2) is 37.2 Å². The van der Waals surface area contributed by atoms with Gasteiger partial charge in [0, 0.05) is 12.8 Å². The number of carbonyl (C=O) groups excluding carboxylic acids is 3. The fraction of sp³-hybridized carbons (Fsp3) is 0.567. The third-order valence-electron chi connectivity index (χ3n) is 11.5. The summed E-state index contributed by atoms with van der Waals surface area (Å²) in [6, 6.07) is 0. The first kappa shape index (κ1) is 68.0. The Labute approximate surface area is 448 Å². The van der Waals surface area contributed by atoms with Crippen molar-refractivity contribution >= 4 is 17.9 Å². The van der Waals surface area contributed by atoms with Crippen LogP contribution < -0.4 is 0 Å². The fourth-order valence-corrected chi connectivity index (χ4v) is 7.25. The summed E-state index contributed by atoms with van der Waals surface area (Å²) in [4.78, 5) is 38.1. The lowest BCUT2D eigenvalue weighted by Gasteiger charge is -2.18. The van der Waals surface area contributed by atoms with E-state index >= 15 is 0 Å². The van der Waals surface area contributed by atoms with E-state index in [1.165, 1.54) is 51.4 Å². The molecule has 0 heterocycles. The third-order valence-corrected chi connectivity index (χ3v) is 11.5. The first-order valence-electron chi connectivity index (χ1n) is 29.0. The molecule has 0 fully saturated rings. The van der Waals surface area contributed by atoms with Gasteiger partial charge in [0.25, 0.3) is 0 Å². The predicted molar refractivity (Wildman–Crippen MR) is 315 cm³/mol. The van der Waals surface area contributed by atoms with E-state index in [1.807, 2.05) is 6.08 Å². The smallest absolute Gasteiger partial charge is 0.309 e. The van der Waals surface area contributed by atoms with Gasteiger partial charge in [0.1, 0.15) is 13.2 Å². The summed E-state index contributed by atoms with van der Waals surface area (Å²) in [6.07, 6.45) is 86.9. The van der Waals surface area contributed by atoms with Crippen molar-refractivity contribution in [3.05, 3.63) is 158 Å². The van der Waals surface area contributed by atoms with Gasteiger partial charge in [-0.3, -0.25) is 14.4 Å². The Kier molecular flexibility index (Phi) is 55.5. The van der Waals surface area contributed by atoms with Gasteiger partial charge in [-0.25, -0.2) is 0 Å². The molecule has 408 valence electrons. The van der Waals surface area contributed by atoms with E-state index in [1.54, 1.807) is 6.08 Å². The molecule has 0 aliphatic carbocycles. The van der Waals surface area contributed by atoms with Crippen molar-refractivity contribution in [1.82, 2.24) is 0 Å². The number of esters is 3. The van der Waals surface area contributed by atoms with Gasteiger partial charge < -0.3 is 14.2 Å². The topological polar surface area (TPSA) is 78.9 Å². The van der Waals surface area contributed by atoms with Crippen LogP contribution in [0.15, 0.2) is 158 Å². The van der Waals surface area contributed by atoms with Gasteiger partial charge in [-0.15, -0.1) is 0 Å². The molecule has 1 atom stereocenters. The average Bonchev–Trinajstić information content (AvgIpc) is 3.39. The highest BCUT2D eigenvalue weighted by molar-refractivity contribution is 5.72. The van der Waals surface area contributed by atoms with Gasteiger partial charge in [-0.2, -0.15) is 0 Å². The van der Waals surface area contributed by atoms with Crippen LogP contribution >= 0.6 is 0 Å². The van der Waals surface area contributed by atoms with E-state index in [4.69, 9.17) is 14.2 Å². The van der Waals surface area contributed by atoms with E-state index in [9.17, 15) is 14.4 Å². The molecule has 0 spiro atoms. The Morgan fingerprint density at radius 1 is 0.301 bits per heavy atom. The molecule has 0 radical (unpaired) electrons. The van der Waals surface area contributed by atoms with Crippen molar-refractivity contribution in [3.63, 3.8) is 0 Å². The van der Waals surface area contributed by atoms with E-state index in [-0.39, 0.29) is 38.0 Å². The van der Waals surface area contributed by atoms with Crippen LogP contribution in [0.25, 0.3) is 0 Å². The second-order valence-corrected chi connectivity index (χ2v) is 18.4. The number of ether oxygens (including phenoxy) is 3.